The molecule has 0 saturated heterocycles. The van der Waals surface area contributed by atoms with E-state index < -0.39 is 0 Å². The van der Waals surface area contributed by atoms with Crippen molar-refractivity contribution in [2.75, 3.05) is 5.32 Å². The van der Waals surface area contributed by atoms with Gasteiger partial charge in [-0.3, -0.25) is 10.1 Å². The van der Waals surface area contributed by atoms with E-state index in [1.807, 2.05) is 19.1 Å². The molecule has 2 aromatic carbocycles. The summed E-state index contributed by atoms with van der Waals surface area (Å²) in [5, 5.41) is 14.7. The summed E-state index contributed by atoms with van der Waals surface area (Å²) >= 11 is 0. The van der Waals surface area contributed by atoms with Crippen molar-refractivity contribution in [1.29, 1.82) is 0 Å². The third-order valence-electron chi connectivity index (χ3n) is 5.09. The SMILES string of the molecule is Cc1cc([N+](=O)[O-])cc2c1N[C@@H](c1ccc(F)cc1)[C@@H]1CC=C[C@H]21. The van der Waals surface area contributed by atoms with E-state index in [4.69, 9.17) is 0 Å². The van der Waals surface area contributed by atoms with Crippen LogP contribution in [0.5, 0.6) is 0 Å². The van der Waals surface area contributed by atoms with E-state index in [-0.39, 0.29) is 34.3 Å². The minimum absolute atomic E-state index is 0.0678. The van der Waals surface area contributed by atoms with Crippen LogP contribution >= 0.6 is 0 Å². The van der Waals surface area contributed by atoms with Gasteiger partial charge >= 0.3 is 0 Å². The lowest BCUT2D eigenvalue weighted by molar-refractivity contribution is -0.385. The number of benzene rings is 2. The summed E-state index contributed by atoms with van der Waals surface area (Å²) in [6.07, 6.45) is 5.18. The van der Waals surface area contributed by atoms with Gasteiger partial charge in [0.1, 0.15) is 5.82 Å². The largest absolute Gasteiger partial charge is 0.377 e. The zero-order valence-corrected chi connectivity index (χ0v) is 13.2. The number of nitrogens with zero attached hydrogens (tertiary/aromatic N) is 1. The van der Waals surface area contributed by atoms with Crippen molar-refractivity contribution in [3.8, 4) is 0 Å². The fraction of sp³-hybridized carbons (Fsp3) is 0.263. The van der Waals surface area contributed by atoms with Crippen LogP contribution in [0.15, 0.2) is 48.6 Å². The Kier molecular flexibility index (Phi) is 3.37. The molecule has 0 fully saturated rings. The van der Waals surface area contributed by atoms with Gasteiger partial charge in [0.05, 0.1) is 11.0 Å². The summed E-state index contributed by atoms with van der Waals surface area (Å²) in [7, 11) is 0. The number of nitrogens with one attached hydrogen (secondary N) is 1. The Morgan fingerprint density at radius 3 is 2.71 bits per heavy atom. The third-order valence-corrected chi connectivity index (χ3v) is 5.09. The Hall–Kier alpha value is -2.69. The second-order valence-corrected chi connectivity index (χ2v) is 6.51. The van der Waals surface area contributed by atoms with Crippen LogP contribution < -0.4 is 5.32 Å². The van der Waals surface area contributed by atoms with Crippen LogP contribution in [0.3, 0.4) is 0 Å². The van der Waals surface area contributed by atoms with Crippen molar-refractivity contribution in [3.63, 3.8) is 0 Å². The van der Waals surface area contributed by atoms with Crippen LogP contribution in [-0.4, -0.2) is 4.92 Å². The molecular formula is C19H17FN2O2. The molecule has 1 aliphatic heterocycles. The summed E-state index contributed by atoms with van der Waals surface area (Å²) < 4.78 is 13.2. The van der Waals surface area contributed by atoms with Gasteiger partial charge in [0.15, 0.2) is 0 Å². The van der Waals surface area contributed by atoms with E-state index in [1.54, 1.807) is 12.1 Å². The van der Waals surface area contributed by atoms with Crippen molar-refractivity contribution in [2.45, 2.75) is 25.3 Å². The standard InChI is InChI=1S/C19H17FN2O2/c1-11-9-14(22(23)24)10-17-15-3-2-4-16(15)19(21-18(11)17)12-5-7-13(20)8-6-12/h2-3,5-10,15-16,19,21H,4H2,1H3/t15-,16+,19-/m0/s1. The van der Waals surface area contributed by atoms with Gasteiger partial charge in [-0.05, 0) is 48.1 Å². The molecule has 1 heterocycles. The fourth-order valence-electron chi connectivity index (χ4n) is 3.97. The average molecular weight is 324 g/mol. The number of hydrogen-bond acceptors (Lipinski definition) is 3. The van der Waals surface area contributed by atoms with Crippen LogP contribution in [0.25, 0.3) is 0 Å². The topological polar surface area (TPSA) is 55.2 Å². The zero-order chi connectivity index (χ0) is 16.8. The molecule has 0 unspecified atom stereocenters. The molecular weight excluding hydrogens is 307 g/mol. The maximum Gasteiger partial charge on any atom is 0.270 e. The molecule has 0 aromatic heterocycles. The van der Waals surface area contributed by atoms with E-state index in [0.717, 1.165) is 28.8 Å². The van der Waals surface area contributed by atoms with E-state index in [2.05, 4.69) is 17.5 Å². The van der Waals surface area contributed by atoms with Gasteiger partial charge < -0.3 is 5.32 Å². The molecule has 0 bridgehead atoms. The molecule has 4 nitrogen and oxygen atoms in total. The second-order valence-electron chi connectivity index (χ2n) is 6.51. The number of rotatable bonds is 2. The van der Waals surface area contributed by atoms with Crippen molar-refractivity contribution < 1.29 is 9.31 Å². The number of allylic oxidation sites excluding steroid dienone is 2. The maximum atomic E-state index is 13.2. The smallest absolute Gasteiger partial charge is 0.270 e. The Balaban J connectivity index is 1.82. The maximum absolute atomic E-state index is 13.2. The van der Waals surface area contributed by atoms with Gasteiger partial charge in [-0.25, -0.2) is 4.39 Å². The Bertz CT molecular complexity index is 845. The molecule has 0 spiro atoms. The Morgan fingerprint density at radius 1 is 1.25 bits per heavy atom. The molecule has 0 saturated carbocycles. The van der Waals surface area contributed by atoms with Gasteiger partial charge in [-0.2, -0.15) is 0 Å². The highest BCUT2D eigenvalue weighted by Gasteiger charge is 2.39. The highest BCUT2D eigenvalue weighted by atomic mass is 19.1. The molecule has 0 amide bonds. The summed E-state index contributed by atoms with van der Waals surface area (Å²) in [6, 6.07) is 9.94. The van der Waals surface area contributed by atoms with Gasteiger partial charge in [-0.1, -0.05) is 24.3 Å². The second kappa shape index (κ2) is 5.44. The molecule has 24 heavy (non-hydrogen) atoms. The van der Waals surface area contributed by atoms with Gasteiger partial charge in [0.2, 0.25) is 0 Å². The summed E-state index contributed by atoms with van der Waals surface area (Å²) in [5.74, 6) is 0.183. The van der Waals surface area contributed by atoms with Crippen LogP contribution in [0.1, 0.15) is 35.1 Å². The fourth-order valence-corrected chi connectivity index (χ4v) is 3.97. The minimum atomic E-state index is -0.340. The number of halogens is 1. The lowest BCUT2D eigenvalue weighted by atomic mass is 9.76. The predicted molar refractivity (Wildman–Crippen MR) is 90.6 cm³/mol. The average Bonchev–Trinajstić information content (AvgIpc) is 3.05. The van der Waals surface area contributed by atoms with E-state index >= 15 is 0 Å². The van der Waals surface area contributed by atoms with Crippen LogP contribution in [0.4, 0.5) is 15.8 Å². The van der Waals surface area contributed by atoms with Crippen molar-refractivity contribution in [1.82, 2.24) is 0 Å². The number of fused-ring (bicyclic) bond motifs is 3. The quantitative estimate of drug-likeness (QED) is 0.487. The van der Waals surface area contributed by atoms with E-state index in [1.165, 1.54) is 12.1 Å². The van der Waals surface area contributed by atoms with Gasteiger partial charge in [-0.15, -0.1) is 0 Å². The third kappa shape index (κ3) is 2.28. The highest BCUT2D eigenvalue weighted by molar-refractivity contribution is 5.67. The number of nitro benzene ring substituents is 1. The van der Waals surface area contributed by atoms with Gasteiger partial charge in [0.25, 0.3) is 5.69 Å². The van der Waals surface area contributed by atoms with Crippen LogP contribution in [0, 0.1) is 28.8 Å². The number of non-ortho nitro benzene ring substituents is 1. The first kappa shape index (κ1) is 14.9. The molecule has 122 valence electrons. The highest BCUT2D eigenvalue weighted by Crippen LogP contribution is 2.51. The molecule has 1 N–H and O–H groups in total. The first-order valence-electron chi connectivity index (χ1n) is 8.02. The molecule has 2 aliphatic rings. The normalized spacial score (nSPS) is 24.2. The van der Waals surface area contributed by atoms with Crippen LogP contribution in [0.2, 0.25) is 0 Å². The number of aryl methyl sites for hydroxylation is 1. The van der Waals surface area contributed by atoms with Crippen molar-refractivity contribution in [3.05, 3.63) is 81.2 Å². The van der Waals surface area contributed by atoms with Crippen molar-refractivity contribution in [2.24, 2.45) is 5.92 Å². The molecule has 5 heteroatoms. The minimum Gasteiger partial charge on any atom is -0.377 e. The number of hydrogen-bond donors (Lipinski definition) is 1. The zero-order valence-electron chi connectivity index (χ0n) is 13.2. The molecule has 2 aromatic rings. The predicted octanol–water partition coefficient (Wildman–Crippen LogP) is 4.87. The Labute approximate surface area is 139 Å². The monoisotopic (exact) mass is 324 g/mol. The first-order valence-corrected chi connectivity index (χ1v) is 8.02. The van der Waals surface area contributed by atoms with E-state index in [0.29, 0.717) is 0 Å². The molecule has 0 radical (unpaired) electrons. The van der Waals surface area contributed by atoms with Gasteiger partial charge in [0, 0.05) is 23.7 Å². The molecule has 4 rings (SSSR count). The van der Waals surface area contributed by atoms with Crippen LogP contribution in [-0.2, 0) is 0 Å². The molecule has 3 atom stereocenters. The lowest BCUT2D eigenvalue weighted by Crippen LogP contribution is -2.29. The van der Waals surface area contributed by atoms with E-state index in [9.17, 15) is 14.5 Å². The first-order chi connectivity index (χ1) is 11.5. The number of nitro groups is 1. The Morgan fingerprint density at radius 2 is 2.00 bits per heavy atom. The summed E-state index contributed by atoms with van der Waals surface area (Å²) in [5.41, 5.74) is 3.98. The van der Waals surface area contributed by atoms with Crippen molar-refractivity contribution >= 4 is 11.4 Å². The summed E-state index contributed by atoms with van der Waals surface area (Å²) in [6.45, 7) is 1.89. The number of anilines is 1. The molecule has 1 aliphatic carbocycles. The summed E-state index contributed by atoms with van der Waals surface area (Å²) in [4.78, 5) is 10.8. The lowest BCUT2D eigenvalue weighted by Gasteiger charge is -2.38.